The van der Waals surface area contributed by atoms with E-state index in [1.165, 1.54) is 11.1 Å². The van der Waals surface area contributed by atoms with Crippen LogP contribution in [0.5, 0.6) is 5.75 Å². The third-order valence-electron chi connectivity index (χ3n) is 3.88. The molecule has 21 heavy (non-hydrogen) atoms. The van der Waals surface area contributed by atoms with E-state index in [2.05, 4.69) is 45.6 Å². The first kappa shape index (κ1) is 14.1. The van der Waals surface area contributed by atoms with Crippen LogP contribution in [-0.4, -0.2) is 28.3 Å². The highest BCUT2D eigenvalue weighted by Gasteiger charge is 2.15. The lowest BCUT2D eigenvalue weighted by atomic mass is 10.0. The van der Waals surface area contributed by atoms with E-state index in [-0.39, 0.29) is 6.04 Å². The van der Waals surface area contributed by atoms with Crippen molar-refractivity contribution in [2.24, 2.45) is 0 Å². The number of aryl methyl sites for hydroxylation is 1. The topological polar surface area (TPSA) is 62.8 Å². The van der Waals surface area contributed by atoms with Gasteiger partial charge < -0.3 is 10.1 Å². The summed E-state index contributed by atoms with van der Waals surface area (Å²) in [5, 5.41) is 10.5. The quantitative estimate of drug-likeness (QED) is 0.820. The van der Waals surface area contributed by atoms with Gasteiger partial charge in [0.25, 0.3) is 0 Å². The van der Waals surface area contributed by atoms with Gasteiger partial charge in [-0.05, 0) is 43.0 Å². The van der Waals surface area contributed by atoms with Gasteiger partial charge in [-0.1, -0.05) is 19.1 Å². The molecule has 5 heteroatoms. The van der Waals surface area contributed by atoms with Gasteiger partial charge in [0.2, 0.25) is 0 Å². The minimum absolute atomic E-state index is 0.233. The molecular formula is C16H22N4O. The third kappa shape index (κ3) is 3.42. The number of aromatic amines is 1. The first-order valence-corrected chi connectivity index (χ1v) is 7.70. The largest absolute Gasteiger partial charge is 0.493 e. The summed E-state index contributed by atoms with van der Waals surface area (Å²) < 4.78 is 5.56. The Morgan fingerprint density at radius 2 is 2.38 bits per heavy atom. The second-order valence-corrected chi connectivity index (χ2v) is 5.46. The molecule has 0 saturated carbocycles. The molecule has 5 nitrogen and oxygen atoms in total. The minimum atomic E-state index is 0.233. The van der Waals surface area contributed by atoms with Crippen LogP contribution in [0.1, 0.15) is 42.8 Å². The van der Waals surface area contributed by atoms with E-state index in [0.717, 1.165) is 50.4 Å². The third-order valence-corrected chi connectivity index (χ3v) is 3.88. The summed E-state index contributed by atoms with van der Waals surface area (Å²) in [4.78, 5) is 4.29. The molecule has 1 atom stereocenters. The number of aromatic nitrogens is 3. The van der Waals surface area contributed by atoms with Crippen molar-refractivity contribution in [3.63, 3.8) is 0 Å². The van der Waals surface area contributed by atoms with Gasteiger partial charge in [-0.2, -0.15) is 5.10 Å². The van der Waals surface area contributed by atoms with Crippen LogP contribution in [0.4, 0.5) is 0 Å². The number of nitrogens with zero attached hydrogens (tertiary/aromatic N) is 2. The van der Waals surface area contributed by atoms with Crippen molar-refractivity contribution in [2.75, 3.05) is 13.2 Å². The van der Waals surface area contributed by atoms with E-state index in [9.17, 15) is 0 Å². The van der Waals surface area contributed by atoms with Crippen molar-refractivity contribution in [3.05, 3.63) is 41.5 Å². The smallest absolute Gasteiger partial charge is 0.141 e. The molecule has 0 bridgehead atoms. The molecule has 1 unspecified atom stereocenters. The fraction of sp³-hybridized carbons (Fsp3) is 0.500. The van der Waals surface area contributed by atoms with Crippen molar-refractivity contribution >= 4 is 0 Å². The average Bonchev–Trinajstić information content (AvgIpc) is 3.18. The molecule has 1 aliphatic heterocycles. The van der Waals surface area contributed by atoms with Gasteiger partial charge in [0.1, 0.15) is 17.9 Å². The molecule has 0 radical (unpaired) electrons. The van der Waals surface area contributed by atoms with Crippen molar-refractivity contribution in [1.29, 1.82) is 0 Å². The number of fused-ring (bicyclic) bond motifs is 1. The van der Waals surface area contributed by atoms with E-state index in [0.29, 0.717) is 0 Å². The molecule has 0 saturated heterocycles. The Bertz CT molecular complexity index is 568. The highest BCUT2D eigenvalue weighted by atomic mass is 16.5. The molecule has 0 spiro atoms. The monoisotopic (exact) mass is 286 g/mol. The van der Waals surface area contributed by atoms with Gasteiger partial charge in [0, 0.05) is 6.42 Å². The SMILES string of the molecule is CCCNC(CCc1ccc2c(c1)CCO2)c1ncn[nH]1. The Hall–Kier alpha value is -1.88. The summed E-state index contributed by atoms with van der Waals surface area (Å²) >= 11 is 0. The maximum absolute atomic E-state index is 5.56. The molecule has 0 fully saturated rings. The molecule has 112 valence electrons. The zero-order valence-electron chi connectivity index (χ0n) is 12.4. The summed E-state index contributed by atoms with van der Waals surface area (Å²) in [6.45, 7) is 3.98. The number of benzene rings is 1. The lowest BCUT2D eigenvalue weighted by molar-refractivity contribution is 0.357. The summed E-state index contributed by atoms with van der Waals surface area (Å²) in [7, 11) is 0. The minimum Gasteiger partial charge on any atom is -0.493 e. The van der Waals surface area contributed by atoms with Gasteiger partial charge in [-0.3, -0.25) is 5.10 Å². The molecular weight excluding hydrogens is 264 g/mol. The molecule has 1 aromatic carbocycles. The second-order valence-electron chi connectivity index (χ2n) is 5.46. The summed E-state index contributed by atoms with van der Waals surface area (Å²) in [6.07, 6.45) is 5.75. The van der Waals surface area contributed by atoms with E-state index < -0.39 is 0 Å². The Balaban J connectivity index is 1.63. The van der Waals surface area contributed by atoms with Crippen LogP contribution in [-0.2, 0) is 12.8 Å². The van der Waals surface area contributed by atoms with Crippen molar-refractivity contribution in [2.45, 2.75) is 38.6 Å². The fourth-order valence-corrected chi connectivity index (χ4v) is 2.74. The van der Waals surface area contributed by atoms with Crippen molar-refractivity contribution < 1.29 is 4.74 Å². The molecule has 0 aliphatic carbocycles. The number of ether oxygens (including phenoxy) is 1. The Morgan fingerprint density at radius 3 is 3.19 bits per heavy atom. The standard InChI is InChI=1S/C16H22N4O/c1-2-8-17-14(16-18-11-19-20-16)5-3-12-4-6-15-13(10-12)7-9-21-15/h4,6,10-11,14,17H,2-3,5,7-9H2,1H3,(H,18,19,20). The number of nitrogens with one attached hydrogen (secondary N) is 2. The van der Waals surface area contributed by atoms with E-state index >= 15 is 0 Å². The summed E-state index contributed by atoms with van der Waals surface area (Å²) in [6, 6.07) is 6.78. The molecule has 1 aliphatic rings. The zero-order chi connectivity index (χ0) is 14.5. The van der Waals surface area contributed by atoms with Gasteiger partial charge in [-0.15, -0.1) is 0 Å². The second kappa shape index (κ2) is 6.72. The normalized spacial score (nSPS) is 14.7. The average molecular weight is 286 g/mol. The predicted octanol–water partition coefficient (Wildman–Crippen LogP) is 2.41. The lowest BCUT2D eigenvalue weighted by Crippen LogP contribution is -2.23. The first-order chi connectivity index (χ1) is 10.4. The van der Waals surface area contributed by atoms with Gasteiger partial charge in [0.05, 0.1) is 12.6 Å². The van der Waals surface area contributed by atoms with Gasteiger partial charge in [0.15, 0.2) is 0 Å². The first-order valence-electron chi connectivity index (χ1n) is 7.70. The van der Waals surface area contributed by atoms with E-state index in [4.69, 9.17) is 4.74 Å². The Labute approximate surface area is 125 Å². The maximum atomic E-state index is 5.56. The zero-order valence-corrected chi connectivity index (χ0v) is 12.4. The van der Waals surface area contributed by atoms with Crippen LogP contribution in [0.25, 0.3) is 0 Å². The molecule has 0 amide bonds. The number of hydrogen-bond donors (Lipinski definition) is 2. The number of H-pyrrole nitrogens is 1. The van der Waals surface area contributed by atoms with Crippen molar-refractivity contribution in [3.8, 4) is 5.75 Å². The molecule has 2 N–H and O–H groups in total. The molecule has 2 heterocycles. The van der Waals surface area contributed by atoms with E-state index in [1.807, 2.05) is 0 Å². The maximum Gasteiger partial charge on any atom is 0.141 e. The Morgan fingerprint density at radius 1 is 1.43 bits per heavy atom. The van der Waals surface area contributed by atoms with Crippen LogP contribution < -0.4 is 10.1 Å². The fourth-order valence-electron chi connectivity index (χ4n) is 2.74. The van der Waals surface area contributed by atoms with E-state index in [1.54, 1.807) is 6.33 Å². The summed E-state index contributed by atoms with van der Waals surface area (Å²) in [5.74, 6) is 1.97. The Kier molecular flexibility index (Phi) is 4.50. The molecule has 3 rings (SSSR count). The van der Waals surface area contributed by atoms with Gasteiger partial charge >= 0.3 is 0 Å². The van der Waals surface area contributed by atoms with Crippen molar-refractivity contribution in [1.82, 2.24) is 20.5 Å². The van der Waals surface area contributed by atoms with Crippen LogP contribution in [0.2, 0.25) is 0 Å². The van der Waals surface area contributed by atoms with Crippen LogP contribution in [0.3, 0.4) is 0 Å². The predicted molar refractivity (Wildman–Crippen MR) is 81.4 cm³/mol. The molecule has 2 aromatic rings. The van der Waals surface area contributed by atoms with Gasteiger partial charge in [-0.25, -0.2) is 4.98 Å². The lowest BCUT2D eigenvalue weighted by Gasteiger charge is -2.16. The van der Waals surface area contributed by atoms with Crippen LogP contribution >= 0.6 is 0 Å². The molecule has 1 aromatic heterocycles. The summed E-state index contributed by atoms with van der Waals surface area (Å²) in [5.41, 5.74) is 2.70. The number of rotatable bonds is 7. The number of hydrogen-bond acceptors (Lipinski definition) is 4. The highest BCUT2D eigenvalue weighted by molar-refractivity contribution is 5.39. The van der Waals surface area contributed by atoms with Crippen LogP contribution in [0, 0.1) is 0 Å². The highest BCUT2D eigenvalue weighted by Crippen LogP contribution is 2.27. The van der Waals surface area contributed by atoms with Crippen LogP contribution in [0.15, 0.2) is 24.5 Å².